The van der Waals surface area contributed by atoms with Gasteiger partial charge in [0, 0.05) is 21.4 Å². The van der Waals surface area contributed by atoms with E-state index in [-0.39, 0.29) is 22.6 Å². The van der Waals surface area contributed by atoms with Gasteiger partial charge in [-0.25, -0.2) is 0 Å². The molecule has 0 radical (unpaired) electrons. The van der Waals surface area contributed by atoms with Gasteiger partial charge in [-0.2, -0.15) is 0 Å². The minimum Gasteiger partial charge on any atom is -0.295 e. The maximum atomic E-state index is 12.6. The fourth-order valence-corrected chi connectivity index (χ4v) is 6.54. The Kier molecular flexibility index (Phi) is 6.12. The maximum absolute atomic E-state index is 12.6. The van der Waals surface area contributed by atoms with Gasteiger partial charge < -0.3 is 0 Å². The summed E-state index contributed by atoms with van der Waals surface area (Å²) in [6, 6.07) is 22.9. The summed E-state index contributed by atoms with van der Waals surface area (Å²) in [7, 11) is 0. The number of hydrogen-bond donors (Lipinski definition) is 0. The number of carbonyl (C=O) groups is 2. The molecule has 0 aliphatic carbocycles. The summed E-state index contributed by atoms with van der Waals surface area (Å²) in [5, 5.41) is 1.09. The Morgan fingerprint density at radius 1 is 0.594 bits per heavy atom. The molecule has 0 spiro atoms. The van der Waals surface area contributed by atoms with Crippen LogP contribution in [0.1, 0.15) is 21.9 Å². The molecule has 8 heteroatoms. The van der Waals surface area contributed by atoms with E-state index in [1.807, 2.05) is 34.1 Å². The quantitative estimate of drug-likeness (QED) is 0.407. The van der Waals surface area contributed by atoms with Crippen molar-refractivity contribution >= 4 is 69.9 Å². The number of halogens is 2. The van der Waals surface area contributed by atoms with E-state index in [1.165, 1.54) is 0 Å². The Morgan fingerprint density at radius 3 is 1.28 bits per heavy atom. The van der Waals surface area contributed by atoms with Gasteiger partial charge in [0.25, 0.3) is 0 Å². The van der Waals surface area contributed by atoms with E-state index in [4.69, 9.17) is 23.2 Å². The molecule has 2 aliphatic heterocycles. The molecule has 2 atom stereocenters. The maximum Gasteiger partial charge on any atom is 0.238 e. The molecule has 0 aromatic heterocycles. The molecular weight excluding hydrogens is 483 g/mol. The molecule has 2 unspecified atom stereocenters. The van der Waals surface area contributed by atoms with E-state index < -0.39 is 0 Å². The van der Waals surface area contributed by atoms with Crippen molar-refractivity contribution < 1.29 is 9.59 Å². The number of thioether (sulfide) groups is 2. The van der Waals surface area contributed by atoms with Gasteiger partial charge in [-0.05, 0) is 59.7 Å². The fourth-order valence-electron chi connectivity index (χ4n) is 3.93. The molecule has 2 aliphatic rings. The molecule has 3 aromatic carbocycles. The van der Waals surface area contributed by atoms with Crippen molar-refractivity contribution in [2.45, 2.75) is 10.7 Å². The molecule has 0 saturated carbocycles. The van der Waals surface area contributed by atoms with Gasteiger partial charge in [0.2, 0.25) is 11.8 Å². The number of anilines is 2. The number of carbonyl (C=O) groups excluding carboxylic acids is 2. The monoisotopic (exact) mass is 500 g/mol. The van der Waals surface area contributed by atoms with Gasteiger partial charge >= 0.3 is 0 Å². The van der Waals surface area contributed by atoms with Crippen LogP contribution in [0.3, 0.4) is 0 Å². The molecule has 5 rings (SSSR count). The van der Waals surface area contributed by atoms with Crippen LogP contribution in [0.4, 0.5) is 11.4 Å². The van der Waals surface area contributed by atoms with Crippen molar-refractivity contribution in [3.05, 3.63) is 94.0 Å². The van der Waals surface area contributed by atoms with Gasteiger partial charge in [0.1, 0.15) is 10.7 Å². The Bertz CT molecular complexity index is 1060. The Hall–Kier alpha value is -2.12. The summed E-state index contributed by atoms with van der Waals surface area (Å²) in [6.45, 7) is 0. The second-order valence-electron chi connectivity index (χ2n) is 7.47. The molecule has 32 heavy (non-hydrogen) atoms. The lowest BCUT2D eigenvalue weighted by molar-refractivity contribution is -0.116. The molecule has 2 heterocycles. The van der Waals surface area contributed by atoms with Crippen molar-refractivity contribution in [1.29, 1.82) is 0 Å². The summed E-state index contributed by atoms with van der Waals surface area (Å²) in [5.41, 5.74) is 3.77. The van der Waals surface area contributed by atoms with E-state index in [1.54, 1.807) is 47.8 Å². The normalized spacial score (nSPS) is 20.9. The summed E-state index contributed by atoms with van der Waals surface area (Å²) in [5.74, 6) is 1.04. The zero-order chi connectivity index (χ0) is 22.2. The minimum atomic E-state index is -0.0945. The zero-order valence-electron chi connectivity index (χ0n) is 16.8. The smallest absolute Gasteiger partial charge is 0.238 e. The predicted octanol–water partition coefficient (Wildman–Crippen LogP) is 6.55. The first-order valence-electron chi connectivity index (χ1n) is 9.99. The molecular formula is C24H18Cl2N2O2S2. The molecule has 4 nitrogen and oxygen atoms in total. The molecule has 3 aromatic rings. The molecule has 0 N–H and O–H groups in total. The van der Waals surface area contributed by atoms with Crippen LogP contribution in [0.25, 0.3) is 0 Å². The third-order valence-corrected chi connectivity index (χ3v) is 8.38. The standard InChI is InChI=1S/C24H18Cl2N2O2S2/c25-17-5-9-19(10-6-17)27-21(29)13-31-23(27)15-1-2-16(4-3-15)24-28(22(30)14-32-24)20-11-7-18(26)8-12-20/h1-12,23-24H,13-14H2. The highest BCUT2D eigenvalue weighted by Crippen LogP contribution is 2.45. The van der Waals surface area contributed by atoms with Crippen LogP contribution >= 0.6 is 46.7 Å². The highest BCUT2D eigenvalue weighted by atomic mass is 35.5. The topological polar surface area (TPSA) is 40.6 Å². The van der Waals surface area contributed by atoms with Crippen LogP contribution in [-0.4, -0.2) is 23.3 Å². The van der Waals surface area contributed by atoms with Crippen LogP contribution in [0.15, 0.2) is 72.8 Å². The first kappa shape index (κ1) is 21.7. The molecule has 162 valence electrons. The van der Waals surface area contributed by atoms with E-state index in [9.17, 15) is 9.59 Å². The minimum absolute atomic E-state index is 0.0808. The Morgan fingerprint density at radius 2 is 0.938 bits per heavy atom. The van der Waals surface area contributed by atoms with Gasteiger partial charge in [0.05, 0.1) is 11.5 Å². The van der Waals surface area contributed by atoms with Gasteiger partial charge in [-0.3, -0.25) is 19.4 Å². The van der Waals surface area contributed by atoms with Crippen molar-refractivity contribution in [2.75, 3.05) is 21.3 Å². The molecule has 2 fully saturated rings. The first-order valence-corrected chi connectivity index (χ1v) is 12.8. The van der Waals surface area contributed by atoms with E-state index in [2.05, 4.69) is 24.3 Å². The van der Waals surface area contributed by atoms with Crippen molar-refractivity contribution in [2.24, 2.45) is 0 Å². The number of hydrogen-bond acceptors (Lipinski definition) is 4. The molecule has 0 bridgehead atoms. The average molecular weight is 501 g/mol. The van der Waals surface area contributed by atoms with Crippen LogP contribution in [0, 0.1) is 0 Å². The lowest BCUT2D eigenvalue weighted by atomic mass is 10.1. The van der Waals surface area contributed by atoms with Crippen LogP contribution < -0.4 is 9.80 Å². The van der Waals surface area contributed by atoms with Crippen LogP contribution in [0.2, 0.25) is 10.0 Å². The number of amides is 2. The summed E-state index contributed by atoms with van der Waals surface area (Å²) in [4.78, 5) is 28.8. The summed E-state index contributed by atoms with van der Waals surface area (Å²) < 4.78 is 0. The lowest BCUT2D eigenvalue weighted by Gasteiger charge is -2.26. The Balaban J connectivity index is 1.41. The molecule has 2 saturated heterocycles. The van der Waals surface area contributed by atoms with E-state index >= 15 is 0 Å². The third kappa shape index (κ3) is 4.13. The van der Waals surface area contributed by atoms with E-state index in [0.717, 1.165) is 22.5 Å². The molecule has 2 amide bonds. The predicted molar refractivity (Wildman–Crippen MR) is 135 cm³/mol. The zero-order valence-corrected chi connectivity index (χ0v) is 19.9. The Labute approximate surface area is 204 Å². The number of rotatable bonds is 4. The van der Waals surface area contributed by atoms with Gasteiger partial charge in [0.15, 0.2) is 0 Å². The first-order chi connectivity index (χ1) is 15.5. The van der Waals surface area contributed by atoms with Crippen LogP contribution in [-0.2, 0) is 9.59 Å². The summed E-state index contributed by atoms with van der Waals surface area (Å²) in [6.07, 6.45) is 0. The number of benzene rings is 3. The third-order valence-electron chi connectivity index (χ3n) is 5.45. The van der Waals surface area contributed by atoms with Crippen molar-refractivity contribution in [3.63, 3.8) is 0 Å². The summed E-state index contributed by atoms with van der Waals surface area (Å²) >= 11 is 15.3. The van der Waals surface area contributed by atoms with Crippen molar-refractivity contribution in [3.8, 4) is 0 Å². The highest BCUT2D eigenvalue weighted by Gasteiger charge is 2.36. The highest BCUT2D eigenvalue weighted by molar-refractivity contribution is 8.01. The second kappa shape index (κ2) is 9.02. The lowest BCUT2D eigenvalue weighted by Crippen LogP contribution is -2.28. The van der Waals surface area contributed by atoms with Gasteiger partial charge in [-0.1, -0.05) is 47.5 Å². The fraction of sp³-hybridized carbons (Fsp3) is 0.167. The average Bonchev–Trinajstić information content (AvgIpc) is 3.38. The SMILES string of the molecule is O=C1CSC(c2ccc(C3SCC(=O)N3c3ccc(Cl)cc3)cc2)N1c1ccc(Cl)cc1. The number of nitrogens with zero attached hydrogens (tertiary/aromatic N) is 2. The van der Waals surface area contributed by atoms with Crippen LogP contribution in [0.5, 0.6) is 0 Å². The second-order valence-corrected chi connectivity index (χ2v) is 10.5. The van der Waals surface area contributed by atoms with Crippen molar-refractivity contribution in [1.82, 2.24) is 0 Å². The van der Waals surface area contributed by atoms with E-state index in [0.29, 0.717) is 21.6 Å². The van der Waals surface area contributed by atoms with Gasteiger partial charge in [-0.15, -0.1) is 23.5 Å². The largest absolute Gasteiger partial charge is 0.295 e.